The van der Waals surface area contributed by atoms with Gasteiger partial charge in [0.1, 0.15) is 5.82 Å². The van der Waals surface area contributed by atoms with Crippen molar-refractivity contribution < 1.29 is 9.60 Å². The molecule has 23 heavy (non-hydrogen) atoms. The Hall–Kier alpha value is -2.00. The third kappa shape index (κ3) is 1.99. The molecular weight excluding hydrogens is 323 g/mol. The molecule has 0 bridgehead atoms. The Morgan fingerprint density at radius 3 is 2.83 bits per heavy atom. The fraction of sp³-hybridized carbons (Fsp3) is 0.429. The molecule has 0 aliphatic carbocycles. The number of benzene rings is 1. The lowest BCUT2D eigenvalue weighted by Gasteiger charge is -2.27. The van der Waals surface area contributed by atoms with Crippen LogP contribution in [0.1, 0.15) is 6.42 Å². The van der Waals surface area contributed by atoms with Crippen LogP contribution in [0.3, 0.4) is 0 Å². The van der Waals surface area contributed by atoms with E-state index in [4.69, 9.17) is 5.73 Å². The van der Waals surface area contributed by atoms with Gasteiger partial charge >= 0.3 is 5.69 Å². The standard InChI is InChI=1S/C14H15FN4O3S/c15-9-5-8-10-12(11(9)17-2-1-7(16)6-17)23-4-3-18(10)14(21)19(22)13(8)20/h5,7,22H,1-4,6,16H2. The van der Waals surface area contributed by atoms with Gasteiger partial charge in [0, 0.05) is 31.4 Å². The smallest absolute Gasteiger partial charge is 0.365 e. The predicted molar refractivity (Wildman–Crippen MR) is 85.1 cm³/mol. The first kappa shape index (κ1) is 14.6. The minimum absolute atomic E-state index is 0.0130. The summed E-state index contributed by atoms with van der Waals surface area (Å²) in [6.45, 7) is 1.54. The number of aromatic nitrogens is 2. The zero-order chi connectivity index (χ0) is 16.3. The molecule has 1 fully saturated rings. The lowest BCUT2D eigenvalue weighted by atomic mass is 10.2. The van der Waals surface area contributed by atoms with Gasteiger partial charge in [-0.25, -0.2) is 9.18 Å². The maximum Gasteiger partial charge on any atom is 0.365 e. The Bertz CT molecular complexity index is 938. The summed E-state index contributed by atoms with van der Waals surface area (Å²) in [4.78, 5) is 26.7. The van der Waals surface area contributed by atoms with E-state index in [-0.39, 0.29) is 16.2 Å². The highest BCUT2D eigenvalue weighted by molar-refractivity contribution is 7.99. The molecule has 1 aromatic carbocycles. The molecule has 7 nitrogen and oxygen atoms in total. The van der Waals surface area contributed by atoms with Crippen molar-refractivity contribution in [1.29, 1.82) is 0 Å². The SMILES string of the molecule is NC1CCN(c2c(F)cc3c(=O)n(O)c(=O)n4c3c2SCC4)C1. The average molecular weight is 338 g/mol. The minimum Gasteiger partial charge on any atom is -0.421 e. The molecule has 0 amide bonds. The van der Waals surface area contributed by atoms with Crippen LogP contribution in [0.15, 0.2) is 20.6 Å². The molecule has 1 aromatic heterocycles. The maximum atomic E-state index is 14.7. The van der Waals surface area contributed by atoms with E-state index in [1.165, 1.54) is 16.3 Å². The van der Waals surface area contributed by atoms with Crippen molar-refractivity contribution in [3.05, 3.63) is 32.7 Å². The fourth-order valence-electron chi connectivity index (χ4n) is 3.32. The van der Waals surface area contributed by atoms with Crippen molar-refractivity contribution in [3.8, 4) is 0 Å². The van der Waals surface area contributed by atoms with Gasteiger partial charge in [0.05, 0.1) is 21.5 Å². The van der Waals surface area contributed by atoms with Crippen molar-refractivity contribution in [3.63, 3.8) is 0 Å². The van der Waals surface area contributed by atoms with Crippen molar-refractivity contribution >= 4 is 28.4 Å². The molecule has 122 valence electrons. The van der Waals surface area contributed by atoms with E-state index in [9.17, 15) is 19.2 Å². The van der Waals surface area contributed by atoms with Crippen LogP contribution in [0.4, 0.5) is 10.1 Å². The largest absolute Gasteiger partial charge is 0.421 e. The first-order valence-electron chi connectivity index (χ1n) is 7.33. The molecule has 1 unspecified atom stereocenters. The van der Waals surface area contributed by atoms with Crippen molar-refractivity contribution in [2.75, 3.05) is 23.7 Å². The van der Waals surface area contributed by atoms with Crippen LogP contribution >= 0.6 is 11.8 Å². The quantitative estimate of drug-likeness (QED) is 0.721. The summed E-state index contributed by atoms with van der Waals surface area (Å²) >= 11 is 1.42. The molecule has 9 heteroatoms. The summed E-state index contributed by atoms with van der Waals surface area (Å²) in [6.07, 6.45) is 0.770. The zero-order valence-electron chi connectivity index (χ0n) is 12.2. The third-order valence-corrected chi connectivity index (χ3v) is 5.45. The Kier molecular flexibility index (Phi) is 3.17. The molecule has 2 aromatic rings. The van der Waals surface area contributed by atoms with E-state index < -0.39 is 17.1 Å². The second-order valence-corrected chi connectivity index (χ2v) is 6.93. The van der Waals surface area contributed by atoms with Gasteiger partial charge < -0.3 is 15.8 Å². The van der Waals surface area contributed by atoms with Gasteiger partial charge in [-0.05, 0) is 12.5 Å². The minimum atomic E-state index is -0.895. The van der Waals surface area contributed by atoms with E-state index in [1.807, 2.05) is 4.90 Å². The molecular formula is C14H15FN4O3S. The number of thioether (sulfide) groups is 1. The number of nitrogens with two attached hydrogens (primary N) is 1. The van der Waals surface area contributed by atoms with Gasteiger partial charge in [-0.15, -0.1) is 11.8 Å². The lowest BCUT2D eigenvalue weighted by Crippen LogP contribution is -2.40. The van der Waals surface area contributed by atoms with Gasteiger partial charge in [-0.3, -0.25) is 9.36 Å². The molecule has 2 aliphatic heterocycles. The summed E-state index contributed by atoms with van der Waals surface area (Å²) in [5.74, 6) is 0.0367. The van der Waals surface area contributed by atoms with E-state index in [0.29, 0.717) is 41.5 Å². The van der Waals surface area contributed by atoms with Crippen molar-refractivity contribution in [2.45, 2.75) is 23.9 Å². The van der Waals surface area contributed by atoms with Crippen LogP contribution in [0.2, 0.25) is 0 Å². The molecule has 0 radical (unpaired) electrons. The number of hydrogen-bond acceptors (Lipinski definition) is 6. The first-order chi connectivity index (χ1) is 11.0. The Morgan fingerprint density at radius 2 is 2.13 bits per heavy atom. The highest BCUT2D eigenvalue weighted by Gasteiger charge is 2.30. The topological polar surface area (TPSA) is 93.5 Å². The summed E-state index contributed by atoms with van der Waals surface area (Å²) in [7, 11) is 0. The number of anilines is 1. The summed E-state index contributed by atoms with van der Waals surface area (Å²) in [5, 5.41) is 9.67. The van der Waals surface area contributed by atoms with Gasteiger partial charge in [-0.1, -0.05) is 4.73 Å². The molecule has 0 spiro atoms. The zero-order valence-corrected chi connectivity index (χ0v) is 13.0. The number of rotatable bonds is 1. The molecule has 3 heterocycles. The van der Waals surface area contributed by atoms with Gasteiger partial charge in [-0.2, -0.15) is 0 Å². The van der Waals surface area contributed by atoms with E-state index >= 15 is 0 Å². The summed E-state index contributed by atoms with van der Waals surface area (Å²) in [6, 6.07) is 1.09. The lowest BCUT2D eigenvalue weighted by molar-refractivity contribution is 0.157. The predicted octanol–water partition coefficient (Wildman–Crippen LogP) is 0.183. The maximum absolute atomic E-state index is 14.7. The van der Waals surface area contributed by atoms with Gasteiger partial charge in [0.15, 0.2) is 0 Å². The Morgan fingerprint density at radius 1 is 1.35 bits per heavy atom. The highest BCUT2D eigenvalue weighted by Crippen LogP contribution is 2.41. The van der Waals surface area contributed by atoms with E-state index in [2.05, 4.69) is 0 Å². The van der Waals surface area contributed by atoms with E-state index in [0.717, 1.165) is 12.5 Å². The van der Waals surface area contributed by atoms with Crippen LogP contribution < -0.4 is 21.9 Å². The van der Waals surface area contributed by atoms with Gasteiger partial charge in [0.2, 0.25) is 0 Å². The van der Waals surface area contributed by atoms with Gasteiger partial charge in [0.25, 0.3) is 5.56 Å². The van der Waals surface area contributed by atoms with Crippen molar-refractivity contribution in [2.24, 2.45) is 5.73 Å². The van der Waals surface area contributed by atoms with Crippen LogP contribution in [0, 0.1) is 5.82 Å². The fourth-order valence-corrected chi connectivity index (χ4v) is 4.51. The monoisotopic (exact) mass is 338 g/mol. The first-order valence-corrected chi connectivity index (χ1v) is 8.32. The van der Waals surface area contributed by atoms with Crippen LogP contribution in [0.5, 0.6) is 0 Å². The third-order valence-electron chi connectivity index (χ3n) is 4.39. The Labute approximate surface area is 134 Å². The van der Waals surface area contributed by atoms with Crippen LogP contribution in [0.25, 0.3) is 10.9 Å². The normalized spacial score (nSPS) is 20.4. The van der Waals surface area contributed by atoms with Crippen LogP contribution in [-0.2, 0) is 6.54 Å². The second-order valence-electron chi connectivity index (χ2n) is 5.83. The van der Waals surface area contributed by atoms with E-state index in [1.54, 1.807) is 0 Å². The average Bonchev–Trinajstić information content (AvgIpc) is 2.96. The molecule has 3 N–H and O–H groups in total. The number of aryl methyl sites for hydroxylation is 1. The molecule has 1 atom stereocenters. The molecule has 2 aliphatic rings. The summed E-state index contributed by atoms with van der Waals surface area (Å²) < 4.78 is 16.1. The second kappa shape index (κ2) is 5.00. The highest BCUT2D eigenvalue weighted by atomic mass is 32.2. The molecule has 4 rings (SSSR count). The summed E-state index contributed by atoms with van der Waals surface area (Å²) in [5.41, 5.74) is 5.03. The molecule has 0 saturated carbocycles. The number of nitrogens with zero attached hydrogens (tertiary/aromatic N) is 3. The number of hydrogen-bond donors (Lipinski definition) is 2. The van der Waals surface area contributed by atoms with Crippen LogP contribution in [-0.4, -0.2) is 39.4 Å². The number of halogens is 1. The van der Waals surface area contributed by atoms with Crippen molar-refractivity contribution in [1.82, 2.24) is 9.30 Å². The Balaban J connectivity index is 2.10. The molecule has 1 saturated heterocycles.